The van der Waals surface area contributed by atoms with Crippen molar-refractivity contribution in [1.29, 1.82) is 0 Å². The number of hydrogen-bond acceptors (Lipinski definition) is 10. The number of amides is 1. The third kappa shape index (κ3) is 5.23. The molecule has 33 heavy (non-hydrogen) atoms. The molecule has 1 amide bonds. The van der Waals surface area contributed by atoms with Gasteiger partial charge in [0.05, 0.1) is 31.1 Å². The first-order valence-electron chi connectivity index (χ1n) is 11.3. The highest BCUT2D eigenvalue weighted by Gasteiger charge is 2.60. The molecule has 0 aromatic heterocycles. The van der Waals surface area contributed by atoms with Gasteiger partial charge in [-0.25, -0.2) is 4.57 Å². The van der Waals surface area contributed by atoms with Crippen molar-refractivity contribution in [3.8, 4) is 0 Å². The van der Waals surface area contributed by atoms with Gasteiger partial charge in [0, 0.05) is 6.20 Å². The van der Waals surface area contributed by atoms with Crippen LogP contribution in [0.4, 0.5) is 0 Å². The van der Waals surface area contributed by atoms with Crippen LogP contribution in [-0.4, -0.2) is 65.9 Å². The number of hydrogen-bond donors (Lipinski definition) is 1. The summed E-state index contributed by atoms with van der Waals surface area (Å²) in [7, 11) is -3.96. The molecule has 12 heteroatoms. The summed E-state index contributed by atoms with van der Waals surface area (Å²) < 4.78 is 40.9. The van der Waals surface area contributed by atoms with Crippen molar-refractivity contribution in [2.45, 2.75) is 82.5 Å². The predicted molar refractivity (Wildman–Crippen MR) is 113 cm³/mol. The maximum absolute atomic E-state index is 13.1. The summed E-state index contributed by atoms with van der Waals surface area (Å²) in [4.78, 5) is 37.3. The Kier molecular flexibility index (Phi) is 7.10. The summed E-state index contributed by atoms with van der Waals surface area (Å²) >= 11 is 0. The Bertz CT molecular complexity index is 870. The van der Waals surface area contributed by atoms with Crippen LogP contribution >= 0.6 is 7.82 Å². The summed E-state index contributed by atoms with van der Waals surface area (Å²) in [6.45, 7) is 3.22. The number of fused-ring (bicyclic) bond motifs is 1. The molecule has 184 valence electrons. The first kappa shape index (κ1) is 24.5. The zero-order valence-electron chi connectivity index (χ0n) is 18.8. The van der Waals surface area contributed by atoms with Crippen molar-refractivity contribution in [1.82, 2.24) is 4.90 Å². The highest BCUT2D eigenvalue weighted by atomic mass is 31.2. The lowest BCUT2D eigenvalue weighted by Crippen LogP contribution is -2.60. The number of esters is 1. The van der Waals surface area contributed by atoms with Crippen LogP contribution in [0.3, 0.4) is 0 Å². The standard InChI is InChI=1S/C21H31N2O9P/c1-13(19(26)30-15-5-3-4-6-15)8-10-28-33(27)29-12-16-18(32-33)21(2,22)20(31-16)23-9-7-14(24)11-17(23)25/h7,9,13,15-16,18,20H,3-6,8,10-12,22H2,1-2H3/t13?,16-,18-,20-,21-,33-/m1/s1. The smallest absolute Gasteiger partial charge is 0.462 e. The van der Waals surface area contributed by atoms with E-state index in [2.05, 4.69) is 0 Å². The molecule has 1 saturated carbocycles. The quantitative estimate of drug-likeness (QED) is 0.321. The van der Waals surface area contributed by atoms with Gasteiger partial charge >= 0.3 is 13.8 Å². The lowest BCUT2D eigenvalue weighted by Gasteiger charge is -2.38. The van der Waals surface area contributed by atoms with E-state index in [0.717, 1.165) is 25.7 Å². The first-order valence-corrected chi connectivity index (χ1v) is 12.8. The predicted octanol–water partition coefficient (Wildman–Crippen LogP) is 1.80. The lowest BCUT2D eigenvalue weighted by molar-refractivity contribution is -0.153. The average Bonchev–Trinajstić information content (AvgIpc) is 3.34. The lowest BCUT2D eigenvalue weighted by atomic mass is 9.92. The number of nitrogens with zero attached hydrogens (tertiary/aromatic N) is 1. The fraction of sp³-hybridized carbons (Fsp3) is 0.762. The Morgan fingerprint density at radius 3 is 2.79 bits per heavy atom. The number of carbonyl (C=O) groups excluding carboxylic acids is 3. The minimum atomic E-state index is -3.96. The second-order valence-electron chi connectivity index (χ2n) is 9.29. The molecule has 0 radical (unpaired) electrons. The van der Waals surface area contributed by atoms with Crippen molar-refractivity contribution in [2.75, 3.05) is 13.2 Å². The van der Waals surface area contributed by atoms with Crippen LogP contribution < -0.4 is 5.73 Å². The summed E-state index contributed by atoms with van der Waals surface area (Å²) in [5, 5.41) is 0. The monoisotopic (exact) mass is 486 g/mol. The molecular formula is C21H31N2O9P. The van der Waals surface area contributed by atoms with Gasteiger partial charge in [-0.15, -0.1) is 0 Å². The van der Waals surface area contributed by atoms with E-state index in [-0.39, 0.29) is 43.9 Å². The van der Waals surface area contributed by atoms with Gasteiger partial charge < -0.3 is 15.2 Å². The van der Waals surface area contributed by atoms with Crippen molar-refractivity contribution in [3.63, 3.8) is 0 Å². The molecule has 4 aliphatic rings. The maximum Gasteiger partial charge on any atom is 0.475 e. The van der Waals surface area contributed by atoms with Gasteiger partial charge in [0.15, 0.2) is 12.0 Å². The molecule has 3 aliphatic heterocycles. The van der Waals surface area contributed by atoms with Crippen molar-refractivity contribution >= 4 is 25.5 Å². The molecule has 2 saturated heterocycles. The van der Waals surface area contributed by atoms with E-state index < -0.39 is 43.6 Å². The molecule has 1 aliphatic carbocycles. The highest BCUT2D eigenvalue weighted by molar-refractivity contribution is 7.48. The number of phosphoric acid groups is 1. The van der Waals surface area contributed by atoms with Crippen LogP contribution in [0, 0.1) is 5.92 Å². The largest absolute Gasteiger partial charge is 0.475 e. The Balaban J connectivity index is 1.32. The Hall–Kier alpha value is -1.62. The number of ether oxygens (including phenoxy) is 2. The van der Waals surface area contributed by atoms with E-state index >= 15 is 0 Å². The summed E-state index contributed by atoms with van der Waals surface area (Å²) in [5.74, 6) is -1.46. The Morgan fingerprint density at radius 2 is 2.09 bits per heavy atom. The van der Waals surface area contributed by atoms with Gasteiger partial charge in [0.25, 0.3) is 0 Å². The van der Waals surface area contributed by atoms with Crippen molar-refractivity contribution in [2.24, 2.45) is 11.7 Å². The molecule has 0 bridgehead atoms. The van der Waals surface area contributed by atoms with Crippen LogP contribution in [0.15, 0.2) is 12.3 Å². The molecule has 1 unspecified atom stereocenters. The highest BCUT2D eigenvalue weighted by Crippen LogP contribution is 2.57. The maximum atomic E-state index is 13.1. The van der Waals surface area contributed by atoms with Crippen LogP contribution in [0.25, 0.3) is 0 Å². The number of phosphoric ester groups is 1. The molecule has 2 N–H and O–H groups in total. The van der Waals surface area contributed by atoms with Gasteiger partial charge in [-0.2, -0.15) is 0 Å². The van der Waals surface area contributed by atoms with E-state index in [4.69, 9.17) is 28.8 Å². The minimum Gasteiger partial charge on any atom is -0.462 e. The fourth-order valence-corrected chi connectivity index (χ4v) is 6.00. The molecular weight excluding hydrogens is 455 g/mol. The topological polar surface area (TPSA) is 144 Å². The Labute approximate surface area is 192 Å². The average molecular weight is 486 g/mol. The van der Waals surface area contributed by atoms with E-state index in [1.807, 2.05) is 0 Å². The zero-order chi connectivity index (χ0) is 23.8. The zero-order valence-corrected chi connectivity index (χ0v) is 19.7. The SMILES string of the molecule is CC(CCO[P@]1(=O)OC[C@H]2O[C@@H](N3C=CC(=O)CC3=O)[C@](C)(N)[C@@H]2O1)C(=O)OC1CCCC1. The Morgan fingerprint density at radius 1 is 1.36 bits per heavy atom. The van der Waals surface area contributed by atoms with E-state index in [1.54, 1.807) is 13.8 Å². The molecule has 3 heterocycles. The molecule has 4 rings (SSSR count). The van der Waals surface area contributed by atoms with Gasteiger partial charge in [-0.3, -0.25) is 32.9 Å². The molecule has 3 fully saturated rings. The number of carbonyl (C=O) groups is 3. The number of nitrogens with two attached hydrogens (primary N) is 1. The third-order valence-corrected chi connectivity index (χ3v) is 7.95. The number of allylic oxidation sites excluding steroid dienone is 1. The molecule has 0 spiro atoms. The van der Waals surface area contributed by atoms with Crippen LogP contribution in [-0.2, 0) is 42.0 Å². The van der Waals surface area contributed by atoms with E-state index in [9.17, 15) is 18.9 Å². The summed E-state index contributed by atoms with van der Waals surface area (Å²) in [5.41, 5.74) is 5.22. The normalized spacial score (nSPS) is 37.9. The van der Waals surface area contributed by atoms with Gasteiger partial charge in [-0.1, -0.05) is 6.92 Å². The number of ketones is 1. The second kappa shape index (κ2) is 9.56. The van der Waals surface area contributed by atoms with Crippen LogP contribution in [0.5, 0.6) is 0 Å². The minimum absolute atomic E-state index is 0.0153. The molecule has 6 atom stereocenters. The molecule has 0 aromatic rings. The number of rotatable bonds is 7. The van der Waals surface area contributed by atoms with Gasteiger partial charge in [-0.05, 0) is 45.1 Å². The summed E-state index contributed by atoms with van der Waals surface area (Å²) in [6, 6.07) is 0. The van der Waals surface area contributed by atoms with Gasteiger partial charge in [0.2, 0.25) is 5.91 Å². The van der Waals surface area contributed by atoms with Crippen molar-refractivity contribution in [3.05, 3.63) is 12.3 Å². The summed E-state index contributed by atoms with van der Waals surface area (Å²) in [6.07, 6.45) is 4.08. The fourth-order valence-electron chi connectivity index (χ4n) is 4.50. The van der Waals surface area contributed by atoms with E-state index in [0.29, 0.717) is 0 Å². The second-order valence-corrected chi connectivity index (χ2v) is 10.9. The van der Waals surface area contributed by atoms with Gasteiger partial charge in [0.1, 0.15) is 18.3 Å². The molecule has 0 aromatic carbocycles. The van der Waals surface area contributed by atoms with Crippen LogP contribution in [0.2, 0.25) is 0 Å². The van der Waals surface area contributed by atoms with Crippen molar-refractivity contribution < 1.29 is 42.0 Å². The first-order chi connectivity index (χ1) is 15.6. The van der Waals surface area contributed by atoms with E-state index in [1.165, 1.54) is 17.2 Å². The molecule has 11 nitrogen and oxygen atoms in total. The van der Waals surface area contributed by atoms with Crippen LogP contribution in [0.1, 0.15) is 52.4 Å². The third-order valence-electron chi connectivity index (χ3n) is 6.50.